The Bertz CT molecular complexity index is 744. The molecule has 0 fully saturated rings. The van der Waals surface area contributed by atoms with E-state index in [1.807, 2.05) is 18.2 Å². The molecule has 1 heterocycles. The van der Waals surface area contributed by atoms with Crippen molar-refractivity contribution >= 4 is 29.1 Å². The van der Waals surface area contributed by atoms with Gasteiger partial charge in [0.25, 0.3) is 0 Å². The van der Waals surface area contributed by atoms with E-state index in [2.05, 4.69) is 27.4 Å². The zero-order valence-corrected chi connectivity index (χ0v) is 13.1. The van der Waals surface area contributed by atoms with E-state index < -0.39 is 5.97 Å². The average Bonchev–Trinajstić information content (AvgIpc) is 2.56. The van der Waals surface area contributed by atoms with Crippen LogP contribution in [0.5, 0.6) is 0 Å². The molecule has 23 heavy (non-hydrogen) atoms. The van der Waals surface area contributed by atoms with Crippen LogP contribution in [-0.2, 0) is 0 Å². The van der Waals surface area contributed by atoms with Gasteiger partial charge in [-0.05, 0) is 42.5 Å². The van der Waals surface area contributed by atoms with E-state index in [9.17, 15) is 4.79 Å². The van der Waals surface area contributed by atoms with Gasteiger partial charge in [0.1, 0.15) is 0 Å². The summed E-state index contributed by atoms with van der Waals surface area (Å²) >= 11 is 6.04. The van der Waals surface area contributed by atoms with Crippen LogP contribution in [0.3, 0.4) is 0 Å². The lowest BCUT2D eigenvalue weighted by Gasteiger charge is -2.23. The Balaban J connectivity index is 1.63. The van der Waals surface area contributed by atoms with Crippen LogP contribution in [0.1, 0.15) is 35.2 Å². The molecule has 1 unspecified atom stereocenters. The van der Waals surface area contributed by atoms with Crippen LogP contribution in [0.15, 0.2) is 42.7 Å². The summed E-state index contributed by atoms with van der Waals surface area (Å²) in [4.78, 5) is 18.9. The summed E-state index contributed by atoms with van der Waals surface area (Å²) in [6.45, 7) is 0. The van der Waals surface area contributed by atoms with Gasteiger partial charge in [-0.15, -0.1) is 0 Å². The Morgan fingerprint density at radius 3 is 2.70 bits per heavy atom. The lowest BCUT2D eigenvalue weighted by molar-refractivity contribution is 0.0696. The molecule has 1 atom stereocenters. The fourth-order valence-electron chi connectivity index (χ4n) is 2.61. The highest BCUT2D eigenvalue weighted by Crippen LogP contribution is 2.29. The predicted octanol–water partition coefficient (Wildman–Crippen LogP) is 3.88. The molecule has 1 aromatic heterocycles. The third-order valence-corrected chi connectivity index (χ3v) is 4.07. The van der Waals surface area contributed by atoms with Gasteiger partial charge in [-0.2, -0.15) is 0 Å². The molecule has 0 spiro atoms. The number of hydrogen-bond donors (Lipinski definition) is 2. The van der Waals surface area contributed by atoms with Gasteiger partial charge in [0.05, 0.1) is 5.56 Å². The summed E-state index contributed by atoms with van der Waals surface area (Å²) in [5.41, 5.74) is 2.55. The first-order valence-electron chi connectivity index (χ1n) is 7.38. The molecule has 1 aromatic carbocycles. The molecule has 3 rings (SSSR count). The van der Waals surface area contributed by atoms with E-state index in [4.69, 9.17) is 16.7 Å². The quantitative estimate of drug-likeness (QED) is 0.890. The number of carboxylic acids is 1. The van der Waals surface area contributed by atoms with Crippen molar-refractivity contribution in [3.05, 3.63) is 58.9 Å². The van der Waals surface area contributed by atoms with E-state index in [-0.39, 0.29) is 11.6 Å². The number of aromatic carboxylic acids is 1. The molecular formula is C17H16ClN3O2. The van der Waals surface area contributed by atoms with Crippen LogP contribution in [0.4, 0.5) is 5.95 Å². The third-order valence-electron chi connectivity index (χ3n) is 3.84. The molecule has 6 heteroatoms. The second-order valence-corrected chi connectivity index (χ2v) is 5.89. The van der Waals surface area contributed by atoms with E-state index in [0.29, 0.717) is 5.95 Å². The van der Waals surface area contributed by atoms with E-state index >= 15 is 0 Å². The first-order valence-corrected chi connectivity index (χ1v) is 7.76. The zero-order valence-electron chi connectivity index (χ0n) is 12.4. The fourth-order valence-corrected chi connectivity index (χ4v) is 2.80. The largest absolute Gasteiger partial charge is 0.478 e. The summed E-state index contributed by atoms with van der Waals surface area (Å²) in [6, 6.07) is 8.12. The van der Waals surface area contributed by atoms with Crippen molar-refractivity contribution in [1.29, 1.82) is 0 Å². The van der Waals surface area contributed by atoms with Crippen LogP contribution in [-0.4, -0.2) is 27.1 Å². The van der Waals surface area contributed by atoms with Gasteiger partial charge in [0.2, 0.25) is 5.95 Å². The molecule has 118 valence electrons. The average molecular weight is 330 g/mol. The molecule has 2 N–H and O–H groups in total. The second-order valence-electron chi connectivity index (χ2n) is 5.46. The van der Waals surface area contributed by atoms with Crippen LogP contribution in [0.25, 0.3) is 5.57 Å². The summed E-state index contributed by atoms with van der Waals surface area (Å²) in [7, 11) is 0. The van der Waals surface area contributed by atoms with Crippen molar-refractivity contribution in [2.45, 2.75) is 25.3 Å². The molecule has 0 saturated heterocycles. The monoisotopic (exact) mass is 329 g/mol. The van der Waals surface area contributed by atoms with Gasteiger partial charge in [0, 0.05) is 23.5 Å². The van der Waals surface area contributed by atoms with Crippen LogP contribution in [0, 0.1) is 0 Å². The first-order chi connectivity index (χ1) is 11.1. The molecule has 0 aliphatic heterocycles. The van der Waals surface area contributed by atoms with Crippen molar-refractivity contribution in [3.63, 3.8) is 0 Å². The van der Waals surface area contributed by atoms with Gasteiger partial charge in [-0.25, -0.2) is 14.8 Å². The van der Waals surface area contributed by atoms with Gasteiger partial charge >= 0.3 is 5.97 Å². The van der Waals surface area contributed by atoms with Crippen LogP contribution >= 0.6 is 11.6 Å². The number of benzene rings is 1. The standard InChI is InChI=1S/C17H16ClN3O2/c18-14-3-1-2-12(8-14)11-4-6-15(7-5-11)21-17-19-9-13(10-20-17)16(22)23/h1-4,8-10,15H,5-7H2,(H,22,23)(H,19,20,21). The van der Waals surface area contributed by atoms with Gasteiger partial charge < -0.3 is 10.4 Å². The number of anilines is 1. The number of halogens is 1. The minimum atomic E-state index is -1.02. The Morgan fingerprint density at radius 2 is 2.09 bits per heavy atom. The molecule has 0 saturated carbocycles. The fraction of sp³-hybridized carbons (Fsp3) is 0.235. The maximum Gasteiger partial charge on any atom is 0.338 e. The Kier molecular flexibility index (Phi) is 4.57. The number of aromatic nitrogens is 2. The minimum absolute atomic E-state index is 0.0855. The number of rotatable bonds is 4. The second kappa shape index (κ2) is 6.79. The molecule has 0 amide bonds. The molecule has 1 aliphatic rings. The number of nitrogens with zero attached hydrogens (tertiary/aromatic N) is 2. The molecule has 0 radical (unpaired) electrons. The van der Waals surface area contributed by atoms with Gasteiger partial charge in [0.15, 0.2) is 0 Å². The smallest absolute Gasteiger partial charge is 0.338 e. The minimum Gasteiger partial charge on any atom is -0.478 e. The number of carboxylic acid groups (broad SMARTS) is 1. The van der Waals surface area contributed by atoms with E-state index in [1.54, 1.807) is 0 Å². The summed E-state index contributed by atoms with van der Waals surface area (Å²) in [5.74, 6) is -0.567. The van der Waals surface area contributed by atoms with Crippen LogP contribution in [0.2, 0.25) is 5.02 Å². The lowest BCUT2D eigenvalue weighted by Crippen LogP contribution is -2.22. The van der Waals surface area contributed by atoms with E-state index in [1.165, 1.54) is 18.0 Å². The highest BCUT2D eigenvalue weighted by Gasteiger charge is 2.16. The number of carbonyl (C=O) groups is 1. The maximum atomic E-state index is 10.8. The Labute approximate surface area is 139 Å². The van der Waals surface area contributed by atoms with E-state index in [0.717, 1.165) is 29.8 Å². The molecule has 5 nitrogen and oxygen atoms in total. The molecule has 1 aliphatic carbocycles. The Morgan fingerprint density at radius 1 is 1.30 bits per heavy atom. The van der Waals surface area contributed by atoms with Crippen molar-refractivity contribution in [1.82, 2.24) is 9.97 Å². The lowest BCUT2D eigenvalue weighted by atomic mass is 9.91. The highest BCUT2D eigenvalue weighted by molar-refractivity contribution is 6.30. The van der Waals surface area contributed by atoms with Crippen molar-refractivity contribution in [3.8, 4) is 0 Å². The molecule has 2 aromatic rings. The first kappa shape index (κ1) is 15.5. The van der Waals surface area contributed by atoms with Crippen molar-refractivity contribution < 1.29 is 9.90 Å². The molecule has 0 bridgehead atoms. The van der Waals surface area contributed by atoms with Crippen molar-refractivity contribution in [2.75, 3.05) is 5.32 Å². The van der Waals surface area contributed by atoms with Crippen LogP contribution < -0.4 is 5.32 Å². The SMILES string of the molecule is O=C(O)c1cnc(NC2CC=C(c3cccc(Cl)c3)CC2)nc1. The predicted molar refractivity (Wildman–Crippen MR) is 89.7 cm³/mol. The number of nitrogens with one attached hydrogen (secondary N) is 1. The third kappa shape index (κ3) is 3.87. The maximum absolute atomic E-state index is 10.8. The normalized spacial score (nSPS) is 17.4. The highest BCUT2D eigenvalue weighted by atomic mass is 35.5. The Hall–Kier alpha value is -2.40. The number of hydrogen-bond acceptors (Lipinski definition) is 4. The van der Waals surface area contributed by atoms with Gasteiger partial charge in [-0.3, -0.25) is 0 Å². The summed E-state index contributed by atoms with van der Waals surface area (Å²) < 4.78 is 0. The van der Waals surface area contributed by atoms with Gasteiger partial charge in [-0.1, -0.05) is 29.8 Å². The summed E-state index contributed by atoms with van der Waals surface area (Å²) in [6.07, 6.45) is 7.61. The van der Waals surface area contributed by atoms with Crippen molar-refractivity contribution in [2.24, 2.45) is 0 Å². The topological polar surface area (TPSA) is 75.1 Å². The zero-order chi connectivity index (χ0) is 16.2. The number of allylic oxidation sites excluding steroid dienone is 1. The summed E-state index contributed by atoms with van der Waals surface area (Å²) in [5, 5.41) is 12.8. The molecular weight excluding hydrogens is 314 g/mol.